The number of hydrogen-bond acceptors (Lipinski definition) is 6. The Kier molecular flexibility index (Phi) is 63.8. The molecule has 0 aliphatic heterocycles. The first-order chi connectivity index (χ1) is 39.5. The Morgan fingerprint density at radius 2 is 0.487 bits per heavy atom. The first-order valence-corrected chi connectivity index (χ1v) is 33.5. The van der Waals surface area contributed by atoms with Gasteiger partial charge in [-0.2, -0.15) is 0 Å². The van der Waals surface area contributed by atoms with Gasteiger partial charge in [-0.1, -0.05) is 303 Å². The van der Waals surface area contributed by atoms with Crippen molar-refractivity contribution in [3.05, 3.63) is 122 Å². The lowest BCUT2D eigenvalue weighted by molar-refractivity contribution is -0.167. The average Bonchev–Trinajstić information content (AvgIpc) is 3.46. The van der Waals surface area contributed by atoms with E-state index < -0.39 is 6.10 Å². The van der Waals surface area contributed by atoms with Gasteiger partial charge in [0.25, 0.3) is 0 Å². The van der Waals surface area contributed by atoms with E-state index in [9.17, 15) is 14.4 Å². The van der Waals surface area contributed by atoms with Gasteiger partial charge in [0, 0.05) is 19.3 Å². The number of esters is 3. The van der Waals surface area contributed by atoms with Gasteiger partial charge in [-0.05, 0) is 109 Å². The molecule has 0 amide bonds. The summed E-state index contributed by atoms with van der Waals surface area (Å²) < 4.78 is 16.8. The fourth-order valence-electron chi connectivity index (χ4n) is 9.26. The highest BCUT2D eigenvalue weighted by molar-refractivity contribution is 5.71. The van der Waals surface area contributed by atoms with Crippen LogP contribution >= 0.6 is 0 Å². The molecule has 0 aromatic carbocycles. The summed E-state index contributed by atoms with van der Waals surface area (Å²) in [6.45, 7) is 6.35. The molecule has 1 atom stereocenters. The fraction of sp³-hybridized carbons (Fsp3) is 0.689. The average molecular weight is 1110 g/mol. The Hall–Kier alpha value is -4.19. The molecule has 0 N–H and O–H groups in total. The summed E-state index contributed by atoms with van der Waals surface area (Å²) in [6, 6.07) is 0. The Labute approximate surface area is 494 Å². The quantitative estimate of drug-likeness (QED) is 0.0261. The van der Waals surface area contributed by atoms with Crippen molar-refractivity contribution in [3.63, 3.8) is 0 Å². The van der Waals surface area contributed by atoms with Gasteiger partial charge < -0.3 is 14.2 Å². The van der Waals surface area contributed by atoms with Gasteiger partial charge in [-0.3, -0.25) is 14.4 Å². The van der Waals surface area contributed by atoms with Crippen LogP contribution in [0.15, 0.2) is 122 Å². The van der Waals surface area contributed by atoms with Crippen LogP contribution in [0.3, 0.4) is 0 Å². The number of carbonyl (C=O) groups is 3. The van der Waals surface area contributed by atoms with Gasteiger partial charge in [0.05, 0.1) is 0 Å². The lowest BCUT2D eigenvalue weighted by Crippen LogP contribution is -2.30. The maximum absolute atomic E-state index is 12.8. The Balaban J connectivity index is 4.02. The third kappa shape index (κ3) is 64.6. The summed E-state index contributed by atoms with van der Waals surface area (Å²) >= 11 is 0. The van der Waals surface area contributed by atoms with Crippen LogP contribution in [0.25, 0.3) is 0 Å². The van der Waals surface area contributed by atoms with E-state index >= 15 is 0 Å². The zero-order valence-electron chi connectivity index (χ0n) is 52.3. The van der Waals surface area contributed by atoms with Gasteiger partial charge in [0.1, 0.15) is 13.2 Å². The molecule has 0 aromatic rings. The molecule has 80 heavy (non-hydrogen) atoms. The maximum atomic E-state index is 12.8. The summed E-state index contributed by atoms with van der Waals surface area (Å²) in [4.78, 5) is 38.0. The third-order valence-electron chi connectivity index (χ3n) is 14.2. The van der Waals surface area contributed by atoms with Gasteiger partial charge >= 0.3 is 17.9 Å². The predicted octanol–water partition coefficient (Wildman–Crippen LogP) is 23.2. The van der Waals surface area contributed by atoms with Crippen molar-refractivity contribution in [3.8, 4) is 0 Å². The van der Waals surface area contributed by atoms with E-state index in [-0.39, 0.29) is 31.1 Å². The molecule has 0 spiro atoms. The Bertz CT molecular complexity index is 1650. The number of unbranched alkanes of at least 4 members (excludes halogenated alkanes) is 29. The molecule has 0 radical (unpaired) electrons. The van der Waals surface area contributed by atoms with Crippen molar-refractivity contribution >= 4 is 17.9 Å². The van der Waals surface area contributed by atoms with Crippen LogP contribution in [-0.4, -0.2) is 37.2 Å². The molecule has 0 fully saturated rings. The van der Waals surface area contributed by atoms with E-state index in [1.165, 1.54) is 128 Å². The lowest BCUT2D eigenvalue weighted by atomic mass is 10.0. The van der Waals surface area contributed by atoms with E-state index in [2.05, 4.69) is 142 Å². The second kappa shape index (κ2) is 67.3. The van der Waals surface area contributed by atoms with Crippen molar-refractivity contribution in [2.45, 2.75) is 316 Å². The van der Waals surface area contributed by atoms with Crippen LogP contribution in [0.4, 0.5) is 0 Å². The van der Waals surface area contributed by atoms with Crippen molar-refractivity contribution in [2.24, 2.45) is 0 Å². The summed E-state index contributed by atoms with van der Waals surface area (Å²) in [5.41, 5.74) is 0. The zero-order valence-corrected chi connectivity index (χ0v) is 52.3. The van der Waals surface area contributed by atoms with Gasteiger partial charge in [-0.15, -0.1) is 0 Å². The van der Waals surface area contributed by atoms with Gasteiger partial charge in [-0.25, -0.2) is 0 Å². The second-order valence-electron chi connectivity index (χ2n) is 22.0. The number of rotatable bonds is 60. The molecule has 0 rings (SSSR count). The first-order valence-electron chi connectivity index (χ1n) is 33.5. The molecule has 0 heterocycles. The fourth-order valence-corrected chi connectivity index (χ4v) is 9.26. The Morgan fingerprint density at radius 1 is 0.263 bits per heavy atom. The molecular weight excluding hydrogens is 985 g/mol. The molecule has 0 aliphatic carbocycles. The van der Waals surface area contributed by atoms with Crippen LogP contribution in [0.2, 0.25) is 0 Å². The third-order valence-corrected chi connectivity index (χ3v) is 14.2. The van der Waals surface area contributed by atoms with Crippen LogP contribution in [0.1, 0.15) is 310 Å². The standard InChI is InChI=1S/C74H124O6/c1-4-7-10-13-16-18-20-22-24-26-28-30-31-32-33-34-35-36-37-38-39-40-41-42-43-45-46-48-50-52-54-56-58-61-64-67-73(76)79-70-71(69-78-72(75)66-63-60-15-12-9-6-3)80-74(77)68-65-62-59-57-55-53-51-49-47-44-29-27-25-23-21-19-17-14-11-8-5-2/h7-8,10-11,16-19,22-25,28-30,32-33,44,49,51,71H,4-6,9,12-15,20-21,26-27,31,34-43,45-48,50,52-70H2,1-3H3/b10-7-,11-8-,18-16-,19-17-,24-22-,25-23-,30-28-,33-32-,44-29-,51-49-. The minimum Gasteiger partial charge on any atom is -0.462 e. The van der Waals surface area contributed by atoms with Crippen LogP contribution in [0.5, 0.6) is 0 Å². The highest BCUT2D eigenvalue weighted by Gasteiger charge is 2.19. The Morgan fingerprint density at radius 3 is 0.762 bits per heavy atom. The summed E-state index contributed by atoms with van der Waals surface area (Å²) in [5, 5.41) is 0. The van der Waals surface area contributed by atoms with Crippen LogP contribution < -0.4 is 0 Å². The van der Waals surface area contributed by atoms with Crippen LogP contribution in [-0.2, 0) is 28.6 Å². The van der Waals surface area contributed by atoms with Crippen molar-refractivity contribution in [1.82, 2.24) is 0 Å². The van der Waals surface area contributed by atoms with Gasteiger partial charge in [0.2, 0.25) is 0 Å². The number of allylic oxidation sites excluding steroid dienone is 20. The van der Waals surface area contributed by atoms with Gasteiger partial charge in [0.15, 0.2) is 6.10 Å². The first kappa shape index (κ1) is 75.8. The molecular formula is C74H124O6. The highest BCUT2D eigenvalue weighted by atomic mass is 16.6. The molecule has 6 nitrogen and oxygen atoms in total. The largest absolute Gasteiger partial charge is 0.462 e. The smallest absolute Gasteiger partial charge is 0.306 e. The summed E-state index contributed by atoms with van der Waals surface area (Å²) in [5.74, 6) is -0.906. The van der Waals surface area contributed by atoms with E-state index in [0.29, 0.717) is 19.3 Å². The minimum absolute atomic E-state index is 0.0843. The molecule has 0 aromatic heterocycles. The summed E-state index contributed by atoms with van der Waals surface area (Å²) in [6.07, 6.45) is 94.0. The predicted molar refractivity (Wildman–Crippen MR) is 348 cm³/mol. The van der Waals surface area contributed by atoms with Crippen molar-refractivity contribution < 1.29 is 28.6 Å². The van der Waals surface area contributed by atoms with E-state index in [1.54, 1.807) is 0 Å². The second-order valence-corrected chi connectivity index (χ2v) is 22.0. The number of ether oxygens (including phenoxy) is 3. The zero-order chi connectivity index (χ0) is 57.8. The molecule has 0 saturated carbocycles. The molecule has 0 saturated heterocycles. The molecule has 456 valence electrons. The van der Waals surface area contributed by atoms with E-state index in [4.69, 9.17) is 14.2 Å². The molecule has 0 aliphatic rings. The minimum atomic E-state index is -0.786. The number of carbonyl (C=O) groups excluding carboxylic acids is 3. The van der Waals surface area contributed by atoms with E-state index in [0.717, 1.165) is 141 Å². The molecule has 1 unspecified atom stereocenters. The monoisotopic (exact) mass is 1110 g/mol. The normalized spacial score (nSPS) is 12.9. The number of hydrogen-bond donors (Lipinski definition) is 0. The lowest BCUT2D eigenvalue weighted by Gasteiger charge is -2.18. The van der Waals surface area contributed by atoms with E-state index in [1.807, 2.05) is 0 Å². The van der Waals surface area contributed by atoms with Crippen molar-refractivity contribution in [2.75, 3.05) is 13.2 Å². The van der Waals surface area contributed by atoms with Crippen LogP contribution in [0, 0.1) is 0 Å². The highest BCUT2D eigenvalue weighted by Crippen LogP contribution is 2.17. The maximum Gasteiger partial charge on any atom is 0.306 e. The SMILES string of the molecule is CC/C=C\C/C=C\C/C=C\C/C=C\C/C=C\CCCCCCCCCCCCCCCCCCCCCC(=O)OCC(COC(=O)CCCCCCCC)OC(=O)CCCCCCC/C=C\C/C=C\C/C=C\C/C=C\C/C=C\CC. The molecule has 0 bridgehead atoms. The molecule has 6 heteroatoms. The van der Waals surface area contributed by atoms with Crippen molar-refractivity contribution in [1.29, 1.82) is 0 Å². The topological polar surface area (TPSA) is 78.9 Å². The summed E-state index contributed by atoms with van der Waals surface area (Å²) in [7, 11) is 0.